The minimum absolute atomic E-state index is 0.224. The number of quaternary nitrogens is 1. The monoisotopic (exact) mass is 313 g/mol. The third-order valence-corrected chi connectivity index (χ3v) is 4.72. The second-order valence-corrected chi connectivity index (χ2v) is 6.83. The Labute approximate surface area is 138 Å². The zero-order valence-corrected chi connectivity index (χ0v) is 15.4. The van der Waals surface area contributed by atoms with Crippen LogP contribution < -0.4 is 5.11 Å². The summed E-state index contributed by atoms with van der Waals surface area (Å²) in [6, 6.07) is 0. The van der Waals surface area contributed by atoms with Crippen LogP contribution in [0.5, 0.6) is 0 Å². The molecule has 0 heterocycles. The zero-order chi connectivity index (χ0) is 16.7. The predicted octanol–water partition coefficient (Wildman–Crippen LogP) is 3.90. The van der Waals surface area contributed by atoms with Crippen LogP contribution in [-0.4, -0.2) is 36.6 Å². The van der Waals surface area contributed by atoms with Crippen molar-refractivity contribution < 1.29 is 14.4 Å². The number of carboxylic acids is 1. The van der Waals surface area contributed by atoms with Gasteiger partial charge in [-0.2, -0.15) is 0 Å². The molecule has 0 aromatic heterocycles. The van der Waals surface area contributed by atoms with Gasteiger partial charge in [0.1, 0.15) is 0 Å². The number of nitrogens with zero attached hydrogens (tertiary/aromatic N) is 1. The van der Waals surface area contributed by atoms with Crippen molar-refractivity contribution in [3.63, 3.8) is 0 Å². The lowest BCUT2D eigenvalue weighted by Gasteiger charge is -2.39. The second-order valence-electron chi connectivity index (χ2n) is 6.83. The molecule has 132 valence electrons. The fraction of sp³-hybridized carbons (Fsp3) is 0.947. The van der Waals surface area contributed by atoms with Gasteiger partial charge in [0.2, 0.25) is 0 Å². The molecule has 0 unspecified atom stereocenters. The number of carbonyl (C=O) groups is 1. The molecule has 22 heavy (non-hydrogen) atoms. The van der Waals surface area contributed by atoms with Crippen LogP contribution in [0.2, 0.25) is 0 Å². The van der Waals surface area contributed by atoms with Crippen molar-refractivity contribution in [2.24, 2.45) is 0 Å². The maximum atomic E-state index is 10.4. The summed E-state index contributed by atoms with van der Waals surface area (Å²) in [5.41, 5.74) is 0. The highest BCUT2D eigenvalue weighted by atomic mass is 16.4. The lowest BCUT2D eigenvalue weighted by atomic mass is 10.1. The van der Waals surface area contributed by atoms with Gasteiger partial charge in [0, 0.05) is 5.97 Å². The van der Waals surface area contributed by atoms with Crippen molar-refractivity contribution in [1.29, 1.82) is 0 Å². The van der Waals surface area contributed by atoms with E-state index >= 15 is 0 Å². The average Bonchev–Trinajstić information content (AvgIpc) is 2.51. The summed E-state index contributed by atoms with van der Waals surface area (Å²) in [4.78, 5) is 10.4. The molecule has 3 heteroatoms. The molecule has 0 spiro atoms. The Kier molecular flexibility index (Phi) is 13.7. The Morgan fingerprint density at radius 1 is 0.682 bits per heavy atom. The second kappa shape index (κ2) is 14.0. The van der Waals surface area contributed by atoms with Gasteiger partial charge in [-0.3, -0.25) is 0 Å². The van der Waals surface area contributed by atoms with Gasteiger partial charge in [0.15, 0.2) is 0 Å². The van der Waals surface area contributed by atoms with Crippen LogP contribution in [0, 0.1) is 0 Å². The summed E-state index contributed by atoms with van der Waals surface area (Å²) in [7, 11) is 0. The Bertz CT molecular complexity index is 244. The molecule has 0 N–H and O–H groups in total. The molecule has 0 aliphatic rings. The molecule has 0 saturated carbocycles. The molecule has 0 amide bonds. The number of hydrogen-bond acceptors (Lipinski definition) is 2. The van der Waals surface area contributed by atoms with Gasteiger partial charge in [-0.25, -0.2) is 0 Å². The van der Waals surface area contributed by atoms with E-state index in [-0.39, 0.29) is 6.42 Å². The fourth-order valence-corrected chi connectivity index (χ4v) is 3.22. The number of carbonyl (C=O) groups excluding carboxylic acids is 1. The van der Waals surface area contributed by atoms with E-state index in [2.05, 4.69) is 20.8 Å². The van der Waals surface area contributed by atoms with E-state index in [0.717, 1.165) is 19.3 Å². The molecule has 0 aliphatic carbocycles. The number of hydrogen-bond donors (Lipinski definition) is 0. The van der Waals surface area contributed by atoms with Gasteiger partial charge in [0.25, 0.3) is 0 Å². The maximum absolute atomic E-state index is 10.4. The van der Waals surface area contributed by atoms with Crippen LogP contribution in [0.3, 0.4) is 0 Å². The lowest BCUT2D eigenvalue weighted by Crippen LogP contribution is -2.50. The van der Waals surface area contributed by atoms with Crippen molar-refractivity contribution in [2.75, 3.05) is 26.2 Å². The highest BCUT2D eigenvalue weighted by molar-refractivity contribution is 5.63. The van der Waals surface area contributed by atoms with Gasteiger partial charge in [0.05, 0.1) is 26.2 Å². The molecule has 0 rings (SSSR count). The van der Waals surface area contributed by atoms with Crippen LogP contribution in [0.4, 0.5) is 0 Å². The van der Waals surface area contributed by atoms with E-state index in [1.165, 1.54) is 75.6 Å². The summed E-state index contributed by atoms with van der Waals surface area (Å²) in [6.45, 7) is 12.1. The molecule has 0 atom stereocenters. The number of aliphatic carboxylic acids is 1. The molecule has 3 nitrogen and oxygen atoms in total. The SMILES string of the molecule is CCCC[N+](CCCC)(CCCC)CCCCCCC(=O)[O-]. The zero-order valence-electron chi connectivity index (χ0n) is 15.4. The maximum Gasteiger partial charge on any atom is 0.0786 e. The normalized spacial score (nSPS) is 11.8. The van der Waals surface area contributed by atoms with Gasteiger partial charge >= 0.3 is 0 Å². The van der Waals surface area contributed by atoms with E-state index in [4.69, 9.17) is 0 Å². The fourth-order valence-electron chi connectivity index (χ4n) is 3.22. The minimum Gasteiger partial charge on any atom is -0.550 e. The van der Waals surface area contributed by atoms with Gasteiger partial charge in [-0.05, 0) is 44.9 Å². The van der Waals surface area contributed by atoms with E-state index in [9.17, 15) is 9.90 Å². The average molecular weight is 314 g/mol. The molecular weight excluding hydrogens is 274 g/mol. The van der Waals surface area contributed by atoms with E-state index in [1.54, 1.807) is 0 Å². The first kappa shape index (κ1) is 21.4. The Morgan fingerprint density at radius 2 is 1.09 bits per heavy atom. The van der Waals surface area contributed by atoms with Crippen molar-refractivity contribution in [3.8, 4) is 0 Å². The summed E-state index contributed by atoms with van der Waals surface area (Å²) in [5.74, 6) is -0.904. The summed E-state index contributed by atoms with van der Waals surface area (Å²) >= 11 is 0. The van der Waals surface area contributed by atoms with Crippen molar-refractivity contribution in [1.82, 2.24) is 0 Å². The number of unbranched alkanes of at least 4 members (excludes halogenated alkanes) is 6. The molecular formula is C19H39NO2. The van der Waals surface area contributed by atoms with Crippen LogP contribution in [0.15, 0.2) is 0 Å². The van der Waals surface area contributed by atoms with Gasteiger partial charge in [-0.15, -0.1) is 0 Å². The summed E-state index contributed by atoms with van der Waals surface area (Å²) in [5, 5.41) is 10.4. The highest BCUT2D eigenvalue weighted by Crippen LogP contribution is 2.17. The van der Waals surface area contributed by atoms with Crippen LogP contribution in [0.25, 0.3) is 0 Å². The van der Waals surface area contributed by atoms with Crippen LogP contribution in [-0.2, 0) is 4.79 Å². The third kappa shape index (κ3) is 11.1. The number of carboxylic acid groups (broad SMARTS) is 1. The van der Waals surface area contributed by atoms with E-state index in [1.807, 2.05) is 0 Å². The first-order chi connectivity index (χ1) is 10.6. The van der Waals surface area contributed by atoms with E-state index < -0.39 is 5.97 Å². The Balaban J connectivity index is 4.29. The summed E-state index contributed by atoms with van der Waals surface area (Å²) in [6.07, 6.45) is 12.3. The van der Waals surface area contributed by atoms with E-state index in [0.29, 0.717) is 0 Å². The topological polar surface area (TPSA) is 40.1 Å². The Morgan fingerprint density at radius 3 is 1.50 bits per heavy atom. The molecule has 0 aromatic carbocycles. The molecule has 0 aliphatic heterocycles. The first-order valence-corrected chi connectivity index (χ1v) is 9.65. The van der Waals surface area contributed by atoms with Gasteiger partial charge in [-0.1, -0.05) is 46.5 Å². The minimum atomic E-state index is -0.904. The first-order valence-electron chi connectivity index (χ1n) is 9.65. The predicted molar refractivity (Wildman–Crippen MR) is 92.5 cm³/mol. The molecule has 0 aromatic rings. The Hall–Kier alpha value is -0.570. The number of rotatable bonds is 16. The molecule has 0 radical (unpaired) electrons. The molecule has 0 bridgehead atoms. The van der Waals surface area contributed by atoms with Crippen molar-refractivity contribution in [3.05, 3.63) is 0 Å². The quantitative estimate of drug-likeness (QED) is 0.320. The summed E-state index contributed by atoms with van der Waals surface area (Å²) < 4.78 is 1.30. The van der Waals surface area contributed by atoms with Crippen LogP contribution in [0.1, 0.15) is 91.4 Å². The molecule has 0 fully saturated rings. The molecule has 0 saturated heterocycles. The smallest absolute Gasteiger partial charge is 0.0786 e. The third-order valence-electron chi connectivity index (χ3n) is 4.72. The van der Waals surface area contributed by atoms with Crippen molar-refractivity contribution >= 4 is 5.97 Å². The van der Waals surface area contributed by atoms with Gasteiger partial charge < -0.3 is 14.4 Å². The largest absolute Gasteiger partial charge is 0.550 e. The van der Waals surface area contributed by atoms with Crippen molar-refractivity contribution in [2.45, 2.75) is 91.4 Å². The lowest BCUT2D eigenvalue weighted by molar-refractivity contribution is -0.929. The standard InChI is InChI=1S/C19H39NO2/c1-4-7-15-20(16-8-5-2,17-9-6-3)18-13-11-10-12-14-19(21)22/h4-18H2,1-3H3. The van der Waals surface area contributed by atoms with Crippen LogP contribution >= 0.6 is 0 Å². The highest BCUT2D eigenvalue weighted by Gasteiger charge is 2.24.